The van der Waals surface area contributed by atoms with Gasteiger partial charge in [0.15, 0.2) is 0 Å². The zero-order chi connectivity index (χ0) is 43.7. The molecule has 1 N–H and O–H groups in total. The van der Waals surface area contributed by atoms with Crippen molar-refractivity contribution < 1.29 is 19.2 Å². The van der Waals surface area contributed by atoms with Crippen LogP contribution in [0.2, 0.25) is 5.02 Å². The maximum atomic E-state index is 14.1. The normalized spacial score (nSPS) is 27.6. The quantitative estimate of drug-likeness (QED) is 0.228. The summed E-state index contributed by atoms with van der Waals surface area (Å²) in [6.45, 7) is 14.4. The molecule has 4 amide bonds. The van der Waals surface area contributed by atoms with Crippen LogP contribution in [0.5, 0.6) is 0 Å². The third kappa shape index (κ3) is 10.00. The van der Waals surface area contributed by atoms with Crippen molar-refractivity contribution in [3.05, 3.63) is 70.5 Å². The van der Waals surface area contributed by atoms with Crippen LogP contribution < -0.4 is 10.2 Å². The number of imide groups is 1. The van der Waals surface area contributed by atoms with Gasteiger partial charge < -0.3 is 24.5 Å². The molecule has 2 aromatic rings. The van der Waals surface area contributed by atoms with Gasteiger partial charge in [0.05, 0.1) is 17.4 Å². The van der Waals surface area contributed by atoms with Crippen molar-refractivity contribution in [3.63, 3.8) is 0 Å². The summed E-state index contributed by atoms with van der Waals surface area (Å²) in [5, 5.41) is 3.18. The molecule has 7 heterocycles. The summed E-state index contributed by atoms with van der Waals surface area (Å²) in [4.78, 5) is 68.3. The summed E-state index contributed by atoms with van der Waals surface area (Å²) in [5.74, 6) is 3.75. The molecule has 1 unspecified atom stereocenters. The first-order chi connectivity index (χ1) is 30.5. The number of aromatic nitrogens is 1. The number of benzene rings is 1. The molecule has 6 saturated heterocycles. The number of carbonyl (C=O) groups is 4. The van der Waals surface area contributed by atoms with Crippen LogP contribution in [0, 0.1) is 35.0 Å². The molecule has 1 aliphatic carbocycles. The van der Waals surface area contributed by atoms with E-state index in [9.17, 15) is 19.2 Å². The Morgan fingerprint density at radius 3 is 2.05 bits per heavy atom. The van der Waals surface area contributed by atoms with Gasteiger partial charge in [-0.1, -0.05) is 43.6 Å². The van der Waals surface area contributed by atoms with Gasteiger partial charge in [0.25, 0.3) is 0 Å². The van der Waals surface area contributed by atoms with Gasteiger partial charge in [-0.15, -0.1) is 0 Å². The Morgan fingerprint density at radius 1 is 0.778 bits per heavy atom. The van der Waals surface area contributed by atoms with Crippen molar-refractivity contribution in [1.82, 2.24) is 29.9 Å². The van der Waals surface area contributed by atoms with Gasteiger partial charge in [-0.05, 0) is 149 Å². The van der Waals surface area contributed by atoms with Crippen molar-refractivity contribution >= 4 is 41.0 Å². The van der Waals surface area contributed by atoms with Crippen molar-refractivity contribution in [3.8, 4) is 0 Å². The number of carbonyl (C=O) groups excluding carboxylic acids is 4. The molecule has 3 atom stereocenters. The predicted molar refractivity (Wildman–Crippen MR) is 247 cm³/mol. The molecule has 7 aliphatic rings. The molecule has 0 radical (unpaired) electrons. The Kier molecular flexibility index (Phi) is 13.5. The van der Waals surface area contributed by atoms with E-state index in [1.54, 1.807) is 0 Å². The summed E-state index contributed by atoms with van der Waals surface area (Å²) >= 11 is 6.19. The summed E-state index contributed by atoms with van der Waals surface area (Å²) < 4.78 is 0. The first-order valence-electron chi connectivity index (χ1n) is 24.6. The molecular formula is C51H70ClN7O4. The zero-order valence-electron chi connectivity index (χ0n) is 37.8. The predicted octanol–water partition coefficient (Wildman–Crippen LogP) is 7.82. The number of anilines is 1. The van der Waals surface area contributed by atoms with Crippen molar-refractivity contribution in [1.29, 1.82) is 0 Å². The van der Waals surface area contributed by atoms with E-state index in [4.69, 9.17) is 16.6 Å². The van der Waals surface area contributed by atoms with E-state index in [-0.39, 0.29) is 41.0 Å². The van der Waals surface area contributed by atoms with Gasteiger partial charge in [-0.2, -0.15) is 0 Å². The maximum Gasteiger partial charge on any atom is 0.234 e. The van der Waals surface area contributed by atoms with Crippen molar-refractivity contribution in [2.75, 3.05) is 70.3 Å². The second-order valence-electron chi connectivity index (χ2n) is 20.8. The van der Waals surface area contributed by atoms with Crippen LogP contribution in [0.1, 0.15) is 127 Å². The molecule has 1 spiro atoms. The molecule has 12 heteroatoms. The maximum absolute atomic E-state index is 14.1. The fourth-order valence-corrected chi connectivity index (χ4v) is 12.4. The molecule has 63 heavy (non-hydrogen) atoms. The van der Waals surface area contributed by atoms with E-state index in [0.717, 1.165) is 125 Å². The number of amides is 4. The van der Waals surface area contributed by atoms with E-state index in [1.165, 1.54) is 63.0 Å². The third-order valence-electron chi connectivity index (χ3n) is 16.1. The lowest BCUT2D eigenvalue weighted by Gasteiger charge is -2.52. The molecule has 1 aromatic carbocycles. The average Bonchev–Trinajstić information content (AvgIpc) is 3.28. The number of nitrogens with one attached hydrogen (secondary N) is 1. The van der Waals surface area contributed by atoms with Gasteiger partial charge in [0, 0.05) is 88.0 Å². The molecule has 6 aliphatic heterocycles. The number of likely N-dealkylation sites (tertiary alicyclic amines) is 4. The summed E-state index contributed by atoms with van der Waals surface area (Å²) in [7, 11) is 0. The fraction of sp³-hybridized carbons (Fsp3) is 0.667. The minimum atomic E-state index is -0.376. The topological polar surface area (TPSA) is 109 Å². The average molecular weight is 881 g/mol. The van der Waals surface area contributed by atoms with Crippen LogP contribution in [0.25, 0.3) is 0 Å². The number of piperidine rings is 6. The Morgan fingerprint density at radius 2 is 1.41 bits per heavy atom. The molecule has 11 nitrogen and oxygen atoms in total. The highest BCUT2D eigenvalue weighted by Gasteiger charge is 2.52. The van der Waals surface area contributed by atoms with Crippen molar-refractivity contribution in [2.45, 2.75) is 116 Å². The monoisotopic (exact) mass is 880 g/mol. The summed E-state index contributed by atoms with van der Waals surface area (Å²) in [5.41, 5.74) is 3.00. The number of allylic oxidation sites excluding steroid dienone is 1. The first-order valence-corrected chi connectivity index (χ1v) is 25.0. The minimum absolute atomic E-state index is 0.102. The standard InChI is InChI=1S/C51H70ClN7O4/c1-35(2)33-59-45(39-3-6-42(52)7-4-39)11-20-51(50(59)63)30-43(31-51)56-27-18-40(19-28-56)49(62)58-25-14-37(15-26-58)29-36-12-21-55(22-13-36)34-38-16-23-57(24-17-38)46-9-5-41(32-53-46)44-8-10-47(60)54-48(44)61/h3-7,9,30,32,35-38,40,44-45H,8,10-29,31,33-34H2,1-2H3,(H,54,60,61)/t44?,45-,51-/m1/s1. The largest absolute Gasteiger partial charge is 0.375 e. The number of rotatable bonds is 11. The Labute approximate surface area is 380 Å². The fourth-order valence-electron chi connectivity index (χ4n) is 12.3. The molecule has 1 aromatic heterocycles. The summed E-state index contributed by atoms with van der Waals surface area (Å²) in [6.07, 6.45) is 18.1. The number of pyridine rings is 1. The van der Waals surface area contributed by atoms with Crippen molar-refractivity contribution in [2.24, 2.45) is 35.0 Å². The van der Waals surface area contributed by atoms with Gasteiger partial charge in [0.2, 0.25) is 23.6 Å². The molecular weight excluding hydrogens is 810 g/mol. The van der Waals surface area contributed by atoms with Crippen LogP contribution in [0.4, 0.5) is 5.82 Å². The van der Waals surface area contributed by atoms with Gasteiger partial charge in [0.1, 0.15) is 5.82 Å². The Bertz CT molecular complexity index is 1980. The molecule has 340 valence electrons. The summed E-state index contributed by atoms with van der Waals surface area (Å²) in [6, 6.07) is 12.2. The Hall–Kier alpha value is -3.96. The van der Waals surface area contributed by atoms with E-state index >= 15 is 0 Å². The molecule has 0 saturated carbocycles. The van der Waals surface area contributed by atoms with Gasteiger partial charge in [-0.3, -0.25) is 24.5 Å². The van der Waals surface area contributed by atoms with E-state index in [2.05, 4.69) is 61.9 Å². The Balaban J connectivity index is 0.657. The number of hydrogen-bond acceptors (Lipinski definition) is 8. The second-order valence-corrected chi connectivity index (χ2v) is 21.3. The third-order valence-corrected chi connectivity index (χ3v) is 16.4. The van der Waals surface area contributed by atoms with Gasteiger partial charge >= 0.3 is 0 Å². The lowest BCUT2D eigenvalue weighted by Crippen LogP contribution is -2.55. The van der Waals surface area contributed by atoms with E-state index in [1.807, 2.05) is 30.5 Å². The smallest absolute Gasteiger partial charge is 0.234 e. The zero-order valence-corrected chi connectivity index (χ0v) is 38.6. The van der Waals surface area contributed by atoms with E-state index in [0.29, 0.717) is 24.7 Å². The van der Waals surface area contributed by atoms with Crippen LogP contribution in [0.15, 0.2) is 54.4 Å². The number of hydrogen-bond donors (Lipinski definition) is 1. The van der Waals surface area contributed by atoms with E-state index < -0.39 is 0 Å². The first kappa shape index (κ1) is 44.3. The molecule has 6 fully saturated rings. The van der Waals surface area contributed by atoms with Crippen LogP contribution >= 0.6 is 11.6 Å². The second kappa shape index (κ2) is 19.3. The van der Waals surface area contributed by atoms with Gasteiger partial charge in [-0.25, -0.2) is 4.98 Å². The van der Waals surface area contributed by atoms with Crippen LogP contribution in [0.3, 0.4) is 0 Å². The highest BCUT2D eigenvalue weighted by Crippen LogP contribution is 2.52. The minimum Gasteiger partial charge on any atom is -0.375 e. The highest BCUT2D eigenvalue weighted by atomic mass is 35.5. The lowest BCUT2D eigenvalue weighted by molar-refractivity contribution is -0.149. The number of halogens is 1. The lowest BCUT2D eigenvalue weighted by atomic mass is 9.65. The van der Waals surface area contributed by atoms with Crippen LogP contribution in [-0.4, -0.2) is 114 Å². The SMILES string of the molecule is CC(C)CN1C(=O)[C@@]2(C=C(N3CCC(C(=O)N4CCC(CC5CCN(CC6CCN(c7ccc(C8CCC(=O)NC8=O)cn7)CC6)CC5)CC4)CC3)C2)CC[C@@H]1c1ccc(Cl)cc1. The highest BCUT2D eigenvalue weighted by molar-refractivity contribution is 6.30. The molecule has 0 bridgehead atoms. The number of nitrogens with zero attached hydrogens (tertiary/aromatic N) is 6. The molecule has 9 rings (SSSR count). The van der Waals surface area contributed by atoms with Crippen LogP contribution in [-0.2, 0) is 19.2 Å².